The van der Waals surface area contributed by atoms with E-state index in [-0.39, 0.29) is 11.5 Å². The largest absolute Gasteiger partial charge is 0.508 e. The van der Waals surface area contributed by atoms with Crippen molar-refractivity contribution in [1.29, 1.82) is 0 Å². The Bertz CT molecular complexity index is 484. The molecule has 0 heterocycles. The van der Waals surface area contributed by atoms with E-state index in [1.165, 1.54) is 19.3 Å². The summed E-state index contributed by atoms with van der Waals surface area (Å²) < 4.78 is 0. The molecule has 18 heavy (non-hydrogen) atoms. The van der Waals surface area contributed by atoms with Crippen LogP contribution in [0.2, 0.25) is 0 Å². The molecule has 2 heteroatoms. The van der Waals surface area contributed by atoms with Crippen LogP contribution in [-0.2, 0) is 5.41 Å². The Labute approximate surface area is 108 Å². The van der Waals surface area contributed by atoms with Crippen LogP contribution >= 0.6 is 0 Å². The van der Waals surface area contributed by atoms with Crippen LogP contribution in [0, 0.1) is 17.8 Å². The van der Waals surface area contributed by atoms with Gasteiger partial charge in [0.1, 0.15) is 5.75 Å². The van der Waals surface area contributed by atoms with Crippen LogP contribution in [0.5, 0.6) is 5.75 Å². The Morgan fingerprint density at radius 3 is 2.67 bits per heavy atom. The number of fused-ring (bicyclic) bond motifs is 2. The molecule has 0 amide bonds. The molecule has 3 fully saturated rings. The fourth-order valence-corrected chi connectivity index (χ4v) is 5.10. The minimum absolute atomic E-state index is 0.0620. The highest BCUT2D eigenvalue weighted by Crippen LogP contribution is 2.62. The van der Waals surface area contributed by atoms with Crippen molar-refractivity contribution in [2.75, 3.05) is 0 Å². The highest BCUT2D eigenvalue weighted by atomic mass is 16.3. The number of aromatic hydroxyl groups is 1. The number of phenols is 1. The first-order chi connectivity index (χ1) is 8.69. The molecule has 2 N–H and O–H groups in total. The van der Waals surface area contributed by atoms with Gasteiger partial charge in [-0.2, -0.15) is 0 Å². The normalized spacial score (nSPS) is 45.4. The van der Waals surface area contributed by atoms with Crippen molar-refractivity contribution in [3.8, 4) is 5.75 Å². The number of phenolic OH excluding ortho intramolecular Hbond substituents is 1. The molecule has 4 rings (SSSR count). The van der Waals surface area contributed by atoms with Gasteiger partial charge < -0.3 is 10.2 Å². The maximum atomic E-state index is 10.8. The summed E-state index contributed by atoms with van der Waals surface area (Å²) in [6.45, 7) is 0. The van der Waals surface area contributed by atoms with Gasteiger partial charge in [0.15, 0.2) is 0 Å². The van der Waals surface area contributed by atoms with Crippen LogP contribution in [0.1, 0.15) is 37.7 Å². The van der Waals surface area contributed by atoms with Gasteiger partial charge >= 0.3 is 0 Å². The molecular weight excluding hydrogens is 224 g/mol. The lowest BCUT2D eigenvalue weighted by atomic mass is 9.63. The molecule has 1 aromatic rings. The van der Waals surface area contributed by atoms with Gasteiger partial charge in [0.05, 0.1) is 6.10 Å². The smallest absolute Gasteiger partial charge is 0.115 e. The predicted molar refractivity (Wildman–Crippen MR) is 69.3 cm³/mol. The summed E-state index contributed by atoms with van der Waals surface area (Å²) in [5, 5.41) is 20.5. The zero-order valence-corrected chi connectivity index (χ0v) is 10.5. The summed E-state index contributed by atoms with van der Waals surface area (Å²) in [6, 6.07) is 7.60. The standard InChI is InChI=1S/C16H20O2/c17-14-3-1-2-13(7-14)16-8-11-5-4-10(15(16)18)6-12(11)9-16/h1-3,7,10-12,15,17-18H,4-6,8-9H2. The number of hydrogen-bond acceptors (Lipinski definition) is 2. The lowest BCUT2D eigenvalue weighted by Gasteiger charge is -2.44. The first kappa shape index (κ1) is 10.9. The van der Waals surface area contributed by atoms with Crippen LogP contribution in [0.15, 0.2) is 24.3 Å². The Morgan fingerprint density at radius 2 is 1.83 bits per heavy atom. The van der Waals surface area contributed by atoms with Crippen molar-refractivity contribution >= 4 is 0 Å². The van der Waals surface area contributed by atoms with Gasteiger partial charge in [0.25, 0.3) is 0 Å². The molecule has 3 bridgehead atoms. The van der Waals surface area contributed by atoms with Crippen LogP contribution in [0.3, 0.4) is 0 Å². The topological polar surface area (TPSA) is 40.5 Å². The van der Waals surface area contributed by atoms with Gasteiger partial charge in [-0.1, -0.05) is 12.1 Å². The molecule has 3 aliphatic rings. The molecule has 0 spiro atoms. The number of aliphatic hydroxyl groups excluding tert-OH is 1. The van der Waals surface area contributed by atoms with Gasteiger partial charge in [-0.05, 0) is 67.6 Å². The first-order valence-corrected chi connectivity index (χ1v) is 7.17. The highest BCUT2D eigenvalue weighted by molar-refractivity contribution is 5.37. The monoisotopic (exact) mass is 244 g/mol. The second-order valence-corrected chi connectivity index (χ2v) is 6.65. The second kappa shape index (κ2) is 3.51. The molecule has 0 saturated heterocycles. The third kappa shape index (κ3) is 1.27. The van der Waals surface area contributed by atoms with Gasteiger partial charge in [-0.3, -0.25) is 0 Å². The summed E-state index contributed by atoms with van der Waals surface area (Å²) >= 11 is 0. The molecule has 3 aliphatic carbocycles. The maximum Gasteiger partial charge on any atom is 0.115 e. The summed E-state index contributed by atoms with van der Waals surface area (Å²) in [6.07, 6.45) is 5.77. The molecule has 5 unspecified atom stereocenters. The van der Waals surface area contributed by atoms with Crippen LogP contribution < -0.4 is 0 Å². The Morgan fingerprint density at radius 1 is 1.06 bits per heavy atom. The molecule has 5 atom stereocenters. The average molecular weight is 244 g/mol. The maximum absolute atomic E-state index is 10.8. The molecule has 3 saturated carbocycles. The third-order valence-electron chi connectivity index (χ3n) is 5.87. The van der Waals surface area contributed by atoms with E-state index in [0.29, 0.717) is 11.7 Å². The van der Waals surface area contributed by atoms with E-state index in [2.05, 4.69) is 6.07 Å². The van der Waals surface area contributed by atoms with Crippen molar-refractivity contribution in [1.82, 2.24) is 0 Å². The van der Waals surface area contributed by atoms with E-state index in [1.807, 2.05) is 12.1 Å². The quantitative estimate of drug-likeness (QED) is 0.797. The fraction of sp³-hybridized carbons (Fsp3) is 0.625. The first-order valence-electron chi connectivity index (χ1n) is 7.17. The number of hydrogen-bond donors (Lipinski definition) is 2. The SMILES string of the molecule is Oc1cccc(C23CC4CCC(CC4C2)C3O)c1. The zero-order chi connectivity index (χ0) is 12.3. The van der Waals surface area contributed by atoms with E-state index in [4.69, 9.17) is 0 Å². The Balaban J connectivity index is 1.83. The van der Waals surface area contributed by atoms with Crippen LogP contribution in [0.4, 0.5) is 0 Å². The molecule has 1 aromatic carbocycles. The van der Waals surface area contributed by atoms with Crippen molar-refractivity contribution in [3.63, 3.8) is 0 Å². The molecule has 2 nitrogen and oxygen atoms in total. The molecule has 0 aliphatic heterocycles. The van der Waals surface area contributed by atoms with Crippen molar-refractivity contribution in [2.24, 2.45) is 17.8 Å². The Hall–Kier alpha value is -1.02. The van der Waals surface area contributed by atoms with Crippen molar-refractivity contribution < 1.29 is 10.2 Å². The highest BCUT2D eigenvalue weighted by Gasteiger charge is 2.58. The van der Waals surface area contributed by atoms with Gasteiger partial charge in [-0.25, -0.2) is 0 Å². The summed E-state index contributed by atoms with van der Waals surface area (Å²) in [4.78, 5) is 0. The van der Waals surface area contributed by atoms with E-state index in [9.17, 15) is 10.2 Å². The van der Waals surface area contributed by atoms with Crippen LogP contribution in [0.25, 0.3) is 0 Å². The van der Waals surface area contributed by atoms with Gasteiger partial charge in [0, 0.05) is 5.41 Å². The lowest BCUT2D eigenvalue weighted by molar-refractivity contribution is -0.0113. The van der Waals surface area contributed by atoms with E-state index in [1.54, 1.807) is 6.07 Å². The Kier molecular flexibility index (Phi) is 2.12. The minimum Gasteiger partial charge on any atom is -0.508 e. The minimum atomic E-state index is -0.206. The lowest BCUT2D eigenvalue weighted by Crippen LogP contribution is -2.45. The molecule has 0 aromatic heterocycles. The average Bonchev–Trinajstić information content (AvgIpc) is 2.66. The van der Waals surface area contributed by atoms with Crippen LogP contribution in [-0.4, -0.2) is 16.3 Å². The summed E-state index contributed by atoms with van der Waals surface area (Å²) in [7, 11) is 0. The predicted octanol–water partition coefficient (Wildman–Crippen LogP) is 2.83. The van der Waals surface area contributed by atoms with Crippen molar-refractivity contribution in [2.45, 2.75) is 43.6 Å². The third-order valence-corrected chi connectivity index (χ3v) is 5.87. The second-order valence-electron chi connectivity index (χ2n) is 6.65. The number of rotatable bonds is 1. The fourth-order valence-electron chi connectivity index (χ4n) is 5.10. The number of aliphatic hydroxyl groups is 1. The molecule has 96 valence electrons. The van der Waals surface area contributed by atoms with E-state index >= 15 is 0 Å². The van der Waals surface area contributed by atoms with Crippen molar-refractivity contribution in [3.05, 3.63) is 29.8 Å². The zero-order valence-electron chi connectivity index (χ0n) is 10.5. The van der Waals surface area contributed by atoms with Gasteiger partial charge in [0.2, 0.25) is 0 Å². The number of benzene rings is 1. The van der Waals surface area contributed by atoms with Gasteiger partial charge in [-0.15, -0.1) is 0 Å². The molecule has 0 radical (unpaired) electrons. The molecular formula is C16H20O2. The summed E-state index contributed by atoms with van der Waals surface area (Å²) in [5.41, 5.74) is 1.10. The van der Waals surface area contributed by atoms with E-state index in [0.717, 1.165) is 30.2 Å². The van der Waals surface area contributed by atoms with E-state index < -0.39 is 0 Å². The summed E-state index contributed by atoms with van der Waals surface area (Å²) in [5.74, 6) is 2.44.